The molecule has 96 valence electrons. The fourth-order valence-electron chi connectivity index (χ4n) is 1.86. The van der Waals surface area contributed by atoms with Gasteiger partial charge in [0.15, 0.2) is 0 Å². The average molecular weight is 260 g/mol. The largest absolute Gasteiger partial charge is 0.376 e. The molecule has 0 unspecified atom stereocenters. The molecule has 0 radical (unpaired) electrons. The molecule has 18 heavy (non-hydrogen) atoms. The highest BCUT2D eigenvalue weighted by Crippen LogP contribution is 2.29. The molecule has 0 fully saturated rings. The zero-order chi connectivity index (χ0) is 12.6. The lowest BCUT2D eigenvalue weighted by Crippen LogP contribution is -2.06. The molecule has 3 heteroatoms. The van der Waals surface area contributed by atoms with Crippen molar-refractivity contribution >= 4 is 22.0 Å². The second-order valence-electron chi connectivity index (χ2n) is 4.27. The molecule has 2 rings (SSSR count). The van der Waals surface area contributed by atoms with E-state index in [1.54, 1.807) is 11.3 Å². The Hall–Kier alpha value is -1.48. The summed E-state index contributed by atoms with van der Waals surface area (Å²) >= 11 is 1.77. The van der Waals surface area contributed by atoms with Crippen molar-refractivity contribution in [3.8, 4) is 0 Å². The first-order valence-corrected chi connectivity index (χ1v) is 7.41. The summed E-state index contributed by atoms with van der Waals surface area (Å²) in [5, 5.41) is 10.2. The molecular formula is C15H20N2S. The summed E-state index contributed by atoms with van der Waals surface area (Å²) in [6.07, 6.45) is 14.0. The summed E-state index contributed by atoms with van der Waals surface area (Å²) < 4.78 is 0. The maximum Gasteiger partial charge on any atom is 0.0977 e. The fraction of sp³-hybridized carbons (Fsp3) is 0.333. The summed E-state index contributed by atoms with van der Waals surface area (Å²) in [5.74, 6) is 0. The van der Waals surface area contributed by atoms with Crippen molar-refractivity contribution in [2.24, 2.45) is 0 Å². The minimum atomic E-state index is 1.06. The quantitative estimate of drug-likeness (QED) is 0.742. The molecule has 0 aromatic carbocycles. The first-order chi connectivity index (χ1) is 8.92. The minimum absolute atomic E-state index is 1.06. The Kier molecular flexibility index (Phi) is 5.09. The van der Waals surface area contributed by atoms with Gasteiger partial charge in [-0.25, -0.2) is 0 Å². The van der Waals surface area contributed by atoms with E-state index in [1.807, 2.05) is 18.4 Å². The van der Waals surface area contributed by atoms with Crippen molar-refractivity contribution < 1.29 is 0 Å². The van der Waals surface area contributed by atoms with Crippen LogP contribution in [0, 0.1) is 0 Å². The van der Waals surface area contributed by atoms with Gasteiger partial charge in [0, 0.05) is 24.0 Å². The molecule has 0 saturated heterocycles. The molecule has 0 amide bonds. The van der Waals surface area contributed by atoms with Crippen LogP contribution in [0.1, 0.15) is 31.7 Å². The Labute approximate surface area is 113 Å². The summed E-state index contributed by atoms with van der Waals surface area (Å²) in [7, 11) is 0. The number of hydrogen-bond acceptors (Lipinski definition) is 3. The van der Waals surface area contributed by atoms with Crippen LogP contribution in [0.25, 0.3) is 5.70 Å². The van der Waals surface area contributed by atoms with Crippen LogP contribution in [0.3, 0.4) is 0 Å². The van der Waals surface area contributed by atoms with Gasteiger partial charge in [0.25, 0.3) is 0 Å². The molecule has 1 aromatic heterocycles. The van der Waals surface area contributed by atoms with Gasteiger partial charge in [-0.2, -0.15) is 0 Å². The third-order valence-electron chi connectivity index (χ3n) is 2.84. The number of nitrogens with one attached hydrogen (secondary N) is 2. The van der Waals surface area contributed by atoms with E-state index in [0.717, 1.165) is 12.2 Å². The number of unbranched alkanes of at least 4 members (excludes halogenated alkanes) is 2. The van der Waals surface area contributed by atoms with Crippen LogP contribution < -0.4 is 10.6 Å². The Balaban J connectivity index is 2.01. The number of allylic oxidation sites excluding steroid dienone is 4. The highest BCUT2D eigenvalue weighted by atomic mass is 32.1. The molecule has 1 aliphatic heterocycles. The predicted molar refractivity (Wildman–Crippen MR) is 81.7 cm³/mol. The zero-order valence-electron chi connectivity index (χ0n) is 10.8. The minimum Gasteiger partial charge on any atom is -0.376 e. The number of hydrogen-bond donors (Lipinski definition) is 2. The molecule has 2 nitrogen and oxygen atoms in total. The van der Waals surface area contributed by atoms with Gasteiger partial charge in [-0.05, 0) is 30.0 Å². The van der Waals surface area contributed by atoms with Crippen LogP contribution in [0.2, 0.25) is 0 Å². The molecule has 0 atom stereocenters. The Morgan fingerprint density at radius 3 is 3.06 bits per heavy atom. The molecule has 1 aromatic rings. The lowest BCUT2D eigenvalue weighted by atomic mass is 10.2. The lowest BCUT2D eigenvalue weighted by Gasteiger charge is -2.09. The summed E-state index contributed by atoms with van der Waals surface area (Å²) in [4.78, 5) is 0. The van der Waals surface area contributed by atoms with Gasteiger partial charge in [-0.15, -0.1) is 11.3 Å². The van der Waals surface area contributed by atoms with Crippen molar-refractivity contribution in [1.29, 1.82) is 0 Å². The first kappa shape index (κ1) is 13.0. The zero-order valence-corrected chi connectivity index (χ0v) is 11.6. The van der Waals surface area contributed by atoms with Gasteiger partial charge in [0.1, 0.15) is 0 Å². The van der Waals surface area contributed by atoms with E-state index in [4.69, 9.17) is 0 Å². The summed E-state index contributed by atoms with van der Waals surface area (Å²) in [5.41, 5.74) is 2.41. The van der Waals surface area contributed by atoms with Gasteiger partial charge in [0.2, 0.25) is 0 Å². The second-order valence-corrected chi connectivity index (χ2v) is 5.18. The summed E-state index contributed by atoms with van der Waals surface area (Å²) in [6.45, 7) is 3.29. The number of anilines is 1. The van der Waals surface area contributed by atoms with Gasteiger partial charge in [0.05, 0.1) is 5.00 Å². The topological polar surface area (TPSA) is 24.1 Å². The van der Waals surface area contributed by atoms with Crippen LogP contribution in [0.4, 0.5) is 5.00 Å². The first-order valence-electron chi connectivity index (χ1n) is 6.53. The SMILES string of the molecule is CCCCCNc1sccc1C1=CC=CC=CN1. The molecule has 2 heterocycles. The van der Waals surface area contributed by atoms with Crippen LogP contribution >= 0.6 is 11.3 Å². The highest BCUT2D eigenvalue weighted by molar-refractivity contribution is 7.14. The van der Waals surface area contributed by atoms with Gasteiger partial charge >= 0.3 is 0 Å². The molecule has 0 spiro atoms. The standard InChI is InChI=1S/C15H20N2S/c1-2-3-6-11-17-15-13(9-12-18-15)14-8-5-4-7-10-16-14/h4-5,7-10,12,16-17H,2-3,6,11H2,1H3. The maximum absolute atomic E-state index is 3.54. The van der Waals surface area contributed by atoms with Gasteiger partial charge in [-0.1, -0.05) is 31.9 Å². The summed E-state index contributed by atoms with van der Waals surface area (Å²) in [6, 6.07) is 2.17. The molecule has 0 aliphatic carbocycles. The third-order valence-corrected chi connectivity index (χ3v) is 3.71. The molecular weight excluding hydrogens is 240 g/mol. The molecule has 2 N–H and O–H groups in total. The number of thiophene rings is 1. The average Bonchev–Trinajstić information content (AvgIpc) is 2.68. The van der Waals surface area contributed by atoms with Crippen LogP contribution in [-0.4, -0.2) is 6.54 Å². The smallest absolute Gasteiger partial charge is 0.0977 e. The van der Waals surface area contributed by atoms with E-state index in [9.17, 15) is 0 Å². The fourth-order valence-corrected chi connectivity index (χ4v) is 2.69. The van der Waals surface area contributed by atoms with E-state index < -0.39 is 0 Å². The van der Waals surface area contributed by atoms with Crippen molar-refractivity contribution in [2.45, 2.75) is 26.2 Å². The lowest BCUT2D eigenvalue weighted by molar-refractivity contribution is 0.744. The number of rotatable bonds is 6. The van der Waals surface area contributed by atoms with E-state index >= 15 is 0 Å². The van der Waals surface area contributed by atoms with Gasteiger partial charge < -0.3 is 10.6 Å². The second kappa shape index (κ2) is 7.07. The third kappa shape index (κ3) is 3.50. The molecule has 0 bridgehead atoms. The van der Waals surface area contributed by atoms with Crippen molar-refractivity contribution in [3.63, 3.8) is 0 Å². The Morgan fingerprint density at radius 1 is 1.22 bits per heavy atom. The van der Waals surface area contributed by atoms with Crippen molar-refractivity contribution in [2.75, 3.05) is 11.9 Å². The van der Waals surface area contributed by atoms with E-state index in [2.05, 4.69) is 41.2 Å². The normalized spacial score (nSPS) is 13.9. The Bertz CT molecular complexity index is 455. The van der Waals surface area contributed by atoms with E-state index in [0.29, 0.717) is 0 Å². The van der Waals surface area contributed by atoms with Crippen molar-refractivity contribution in [3.05, 3.63) is 47.5 Å². The van der Waals surface area contributed by atoms with Crippen LogP contribution in [0.15, 0.2) is 42.0 Å². The van der Waals surface area contributed by atoms with Crippen molar-refractivity contribution in [1.82, 2.24) is 5.32 Å². The maximum atomic E-state index is 3.54. The monoisotopic (exact) mass is 260 g/mol. The highest BCUT2D eigenvalue weighted by Gasteiger charge is 2.08. The predicted octanol–water partition coefficient (Wildman–Crippen LogP) is 4.36. The van der Waals surface area contributed by atoms with E-state index in [-0.39, 0.29) is 0 Å². The van der Waals surface area contributed by atoms with Gasteiger partial charge in [-0.3, -0.25) is 0 Å². The Morgan fingerprint density at radius 2 is 2.17 bits per heavy atom. The molecule has 0 saturated carbocycles. The van der Waals surface area contributed by atoms with E-state index in [1.165, 1.54) is 29.8 Å². The van der Waals surface area contributed by atoms with Crippen LogP contribution in [-0.2, 0) is 0 Å². The molecule has 1 aliphatic rings. The van der Waals surface area contributed by atoms with Crippen LogP contribution in [0.5, 0.6) is 0 Å².